The molecule has 0 spiro atoms. The van der Waals surface area contributed by atoms with E-state index in [1.807, 2.05) is 0 Å². The molecule has 3 rings (SSSR count). The number of benzene rings is 1. The van der Waals surface area contributed by atoms with Crippen molar-refractivity contribution in [2.45, 2.75) is 52.0 Å². The summed E-state index contributed by atoms with van der Waals surface area (Å²) in [6, 6.07) is 5.95. The summed E-state index contributed by atoms with van der Waals surface area (Å²) in [6.45, 7) is 2.72. The summed E-state index contributed by atoms with van der Waals surface area (Å²) in [4.78, 5) is 41.5. The fourth-order valence-corrected chi connectivity index (χ4v) is 3.43. The lowest BCUT2D eigenvalue weighted by molar-refractivity contribution is -0.384. The van der Waals surface area contributed by atoms with Crippen molar-refractivity contribution in [3.05, 3.63) is 60.8 Å². The molecular weight excluding hydrogens is 414 g/mol. The number of H-pyrrole nitrogens is 1. The molecule has 2 heterocycles. The first-order valence-corrected chi connectivity index (χ1v) is 10.7. The lowest BCUT2D eigenvalue weighted by Gasteiger charge is -2.08. The molecule has 0 fully saturated rings. The Morgan fingerprint density at radius 1 is 1.16 bits per heavy atom. The van der Waals surface area contributed by atoms with E-state index in [0.29, 0.717) is 23.6 Å². The van der Waals surface area contributed by atoms with Gasteiger partial charge < -0.3 is 4.57 Å². The van der Waals surface area contributed by atoms with Crippen molar-refractivity contribution in [1.82, 2.24) is 19.1 Å². The molecule has 0 bridgehead atoms. The van der Waals surface area contributed by atoms with E-state index >= 15 is 0 Å². The maximum Gasteiger partial charge on any atom is 0.329 e. The van der Waals surface area contributed by atoms with Gasteiger partial charge in [0, 0.05) is 25.7 Å². The topological polar surface area (TPSA) is 140 Å². The molecule has 0 radical (unpaired) electrons. The van der Waals surface area contributed by atoms with Crippen LogP contribution in [0.3, 0.4) is 0 Å². The molecule has 3 aromatic rings. The minimum atomic E-state index is -0.535. The van der Waals surface area contributed by atoms with E-state index in [1.165, 1.54) is 42.2 Å². The van der Waals surface area contributed by atoms with Crippen molar-refractivity contribution in [3.63, 3.8) is 0 Å². The van der Waals surface area contributed by atoms with Gasteiger partial charge in [0.2, 0.25) is 5.95 Å². The maximum absolute atomic E-state index is 12.5. The van der Waals surface area contributed by atoms with E-state index < -0.39 is 16.2 Å². The molecule has 32 heavy (non-hydrogen) atoms. The number of aromatic nitrogens is 4. The van der Waals surface area contributed by atoms with Gasteiger partial charge in [-0.15, -0.1) is 0 Å². The van der Waals surface area contributed by atoms with Gasteiger partial charge in [0.05, 0.1) is 11.1 Å². The van der Waals surface area contributed by atoms with Crippen LogP contribution in [0.5, 0.6) is 0 Å². The van der Waals surface area contributed by atoms with Gasteiger partial charge in [-0.25, -0.2) is 10.2 Å². The minimum absolute atomic E-state index is 0.00372. The van der Waals surface area contributed by atoms with E-state index in [0.717, 1.165) is 19.3 Å². The molecule has 0 atom stereocenters. The zero-order chi connectivity index (χ0) is 23.1. The predicted octanol–water partition coefficient (Wildman–Crippen LogP) is 3.14. The summed E-state index contributed by atoms with van der Waals surface area (Å²) in [5, 5.41) is 14.9. The Kier molecular flexibility index (Phi) is 7.53. The number of nitro benzene ring substituents is 1. The second-order valence-corrected chi connectivity index (χ2v) is 7.56. The van der Waals surface area contributed by atoms with Crippen LogP contribution in [0.2, 0.25) is 0 Å². The van der Waals surface area contributed by atoms with Crippen LogP contribution in [0, 0.1) is 10.1 Å². The summed E-state index contributed by atoms with van der Waals surface area (Å²) in [6.07, 6.45) is 8.07. The van der Waals surface area contributed by atoms with Crippen LogP contribution in [0.4, 0.5) is 11.6 Å². The zero-order valence-electron chi connectivity index (χ0n) is 18.2. The van der Waals surface area contributed by atoms with Crippen LogP contribution in [0.25, 0.3) is 11.2 Å². The van der Waals surface area contributed by atoms with E-state index in [4.69, 9.17) is 0 Å². The van der Waals surface area contributed by atoms with Crippen molar-refractivity contribution in [1.29, 1.82) is 0 Å². The van der Waals surface area contributed by atoms with Gasteiger partial charge in [-0.2, -0.15) is 10.1 Å². The van der Waals surface area contributed by atoms with Crippen molar-refractivity contribution in [2.75, 3.05) is 5.43 Å². The molecule has 0 amide bonds. The number of nitro groups is 1. The Morgan fingerprint density at radius 2 is 1.84 bits per heavy atom. The van der Waals surface area contributed by atoms with Crippen molar-refractivity contribution >= 4 is 29.0 Å². The Bertz CT molecular complexity index is 1220. The first-order valence-electron chi connectivity index (χ1n) is 10.7. The average molecular weight is 441 g/mol. The van der Waals surface area contributed by atoms with E-state index in [-0.39, 0.29) is 11.3 Å². The number of hydrogen-bond donors (Lipinski definition) is 2. The first-order chi connectivity index (χ1) is 15.4. The monoisotopic (exact) mass is 441 g/mol. The number of imidazole rings is 1. The number of rotatable bonds is 11. The largest absolute Gasteiger partial charge is 0.329 e. The van der Waals surface area contributed by atoms with Gasteiger partial charge >= 0.3 is 5.69 Å². The Hall–Kier alpha value is -3.76. The molecule has 0 aliphatic rings. The van der Waals surface area contributed by atoms with Gasteiger partial charge in [0.15, 0.2) is 11.2 Å². The SMILES string of the molecule is CCCCCCCCn1c(N/N=C\c2ccc([N+](=O)[O-])cc2)nc2c1c(=O)[nH]c(=O)n2C. The molecule has 2 N–H and O–H groups in total. The Balaban J connectivity index is 1.83. The number of aryl methyl sites for hydroxylation is 2. The van der Waals surface area contributed by atoms with Crippen LogP contribution in [0.15, 0.2) is 39.0 Å². The summed E-state index contributed by atoms with van der Waals surface area (Å²) >= 11 is 0. The lowest BCUT2D eigenvalue weighted by Crippen LogP contribution is -2.29. The fourth-order valence-electron chi connectivity index (χ4n) is 3.43. The highest BCUT2D eigenvalue weighted by Gasteiger charge is 2.16. The molecule has 0 unspecified atom stereocenters. The third-order valence-corrected chi connectivity index (χ3v) is 5.22. The quantitative estimate of drug-likeness (QED) is 0.203. The molecule has 0 saturated heterocycles. The summed E-state index contributed by atoms with van der Waals surface area (Å²) < 4.78 is 3.03. The Labute approximate surface area is 183 Å². The second kappa shape index (κ2) is 10.5. The number of nitrogens with zero attached hydrogens (tertiary/aromatic N) is 5. The highest BCUT2D eigenvalue weighted by atomic mass is 16.6. The molecule has 0 saturated carbocycles. The second-order valence-electron chi connectivity index (χ2n) is 7.56. The van der Waals surface area contributed by atoms with Crippen LogP contribution in [0.1, 0.15) is 51.0 Å². The van der Waals surface area contributed by atoms with Crippen molar-refractivity contribution in [3.8, 4) is 0 Å². The number of anilines is 1. The minimum Gasteiger partial charge on any atom is -0.303 e. The van der Waals surface area contributed by atoms with Crippen LogP contribution >= 0.6 is 0 Å². The molecule has 170 valence electrons. The van der Waals surface area contributed by atoms with Crippen LogP contribution < -0.4 is 16.7 Å². The number of aromatic amines is 1. The number of hydrazone groups is 1. The Morgan fingerprint density at radius 3 is 2.53 bits per heavy atom. The number of non-ortho nitro benzene ring substituents is 1. The molecule has 0 aliphatic carbocycles. The summed E-state index contributed by atoms with van der Waals surface area (Å²) in [5.41, 5.74) is 3.06. The van der Waals surface area contributed by atoms with Gasteiger partial charge in [-0.3, -0.25) is 24.5 Å². The highest BCUT2D eigenvalue weighted by molar-refractivity contribution is 5.81. The number of nitrogens with one attached hydrogen (secondary N) is 2. The van der Waals surface area contributed by atoms with E-state index in [1.54, 1.807) is 23.7 Å². The fraction of sp³-hybridized carbons (Fsp3) is 0.429. The lowest BCUT2D eigenvalue weighted by atomic mass is 10.1. The van der Waals surface area contributed by atoms with Crippen LogP contribution in [-0.4, -0.2) is 30.2 Å². The summed E-state index contributed by atoms with van der Waals surface area (Å²) in [5.74, 6) is 0.346. The van der Waals surface area contributed by atoms with Gasteiger partial charge in [0.25, 0.3) is 11.2 Å². The molecule has 0 aliphatic heterocycles. The predicted molar refractivity (Wildman–Crippen MR) is 123 cm³/mol. The van der Waals surface area contributed by atoms with Crippen LogP contribution in [-0.2, 0) is 13.6 Å². The number of unbranched alkanes of at least 4 members (excludes halogenated alkanes) is 5. The number of fused-ring (bicyclic) bond motifs is 1. The molecule has 1 aromatic carbocycles. The van der Waals surface area contributed by atoms with E-state index in [9.17, 15) is 19.7 Å². The zero-order valence-corrected chi connectivity index (χ0v) is 18.2. The third kappa shape index (κ3) is 5.29. The molecule has 11 nitrogen and oxygen atoms in total. The van der Waals surface area contributed by atoms with Gasteiger partial charge in [0.1, 0.15) is 0 Å². The summed E-state index contributed by atoms with van der Waals surface area (Å²) in [7, 11) is 1.55. The number of hydrogen-bond acceptors (Lipinski definition) is 7. The molecular formula is C21H27N7O4. The molecule has 11 heteroatoms. The van der Waals surface area contributed by atoms with Crippen molar-refractivity contribution in [2.24, 2.45) is 12.1 Å². The normalized spacial score (nSPS) is 11.4. The third-order valence-electron chi connectivity index (χ3n) is 5.22. The van der Waals surface area contributed by atoms with Gasteiger partial charge in [-0.1, -0.05) is 39.0 Å². The average Bonchev–Trinajstić information content (AvgIpc) is 3.14. The van der Waals surface area contributed by atoms with E-state index in [2.05, 4.69) is 27.4 Å². The van der Waals surface area contributed by atoms with Crippen molar-refractivity contribution < 1.29 is 4.92 Å². The smallest absolute Gasteiger partial charge is 0.303 e. The van der Waals surface area contributed by atoms with Gasteiger partial charge in [-0.05, 0) is 24.1 Å². The molecule has 2 aromatic heterocycles. The maximum atomic E-state index is 12.5. The highest BCUT2D eigenvalue weighted by Crippen LogP contribution is 2.17. The first kappa shape index (κ1) is 22.9. The standard InChI is InChI=1S/C21H27N7O4/c1-3-4-5-6-7-8-13-27-17-18(26(2)21(30)24-19(17)29)23-20(27)25-22-14-15-9-11-16(12-10-15)28(31)32/h9-12,14H,3-8,13H2,1-2H3,(H,23,25)(H,24,29,30)/b22-14-.